The largest absolute Gasteiger partial charge is 0.310 e. The molecule has 0 saturated heterocycles. The molecule has 0 bridgehead atoms. The number of hydrogen-bond donors (Lipinski definition) is 1. The predicted molar refractivity (Wildman–Crippen MR) is 92.7 cm³/mol. The molecule has 0 amide bonds. The van der Waals surface area contributed by atoms with Crippen LogP contribution in [0.1, 0.15) is 50.4 Å². The highest BCUT2D eigenvalue weighted by atomic mass is 14.9. The molecule has 0 radical (unpaired) electrons. The Morgan fingerprint density at radius 2 is 1.62 bits per heavy atom. The molecule has 0 fully saturated rings. The van der Waals surface area contributed by atoms with E-state index < -0.39 is 0 Å². The highest BCUT2D eigenvalue weighted by Crippen LogP contribution is 2.30. The topological polar surface area (TPSA) is 12.0 Å². The summed E-state index contributed by atoms with van der Waals surface area (Å²) in [6, 6.07) is 16.1. The number of hydrogen-bond acceptors (Lipinski definition) is 1. The minimum atomic E-state index is 0.377. The van der Waals surface area contributed by atoms with Crippen molar-refractivity contribution < 1.29 is 0 Å². The summed E-state index contributed by atoms with van der Waals surface area (Å²) in [7, 11) is 0. The Bertz CT molecular complexity index is 586. The van der Waals surface area contributed by atoms with Crippen LogP contribution in [0.15, 0.2) is 42.5 Å². The highest BCUT2D eigenvalue weighted by molar-refractivity contribution is 5.69. The van der Waals surface area contributed by atoms with E-state index >= 15 is 0 Å². The van der Waals surface area contributed by atoms with Crippen molar-refractivity contribution in [2.24, 2.45) is 0 Å². The maximum atomic E-state index is 3.52. The van der Waals surface area contributed by atoms with E-state index in [4.69, 9.17) is 0 Å². The maximum Gasteiger partial charge on any atom is 0.0297 e. The van der Waals surface area contributed by atoms with Crippen molar-refractivity contribution in [2.75, 3.05) is 6.54 Å². The quantitative estimate of drug-likeness (QED) is 0.772. The summed E-state index contributed by atoms with van der Waals surface area (Å²) in [5.74, 6) is 0. The predicted octanol–water partition coefficient (Wildman–Crippen LogP) is 5.15. The monoisotopic (exact) mass is 281 g/mol. The van der Waals surface area contributed by atoms with Crippen LogP contribution in [0.25, 0.3) is 11.1 Å². The van der Waals surface area contributed by atoms with Crippen LogP contribution in [0.3, 0.4) is 0 Å². The molecule has 0 spiro atoms. The molecule has 0 heterocycles. The number of rotatable bonds is 6. The number of nitrogens with one attached hydrogen (secondary N) is 1. The van der Waals surface area contributed by atoms with Crippen molar-refractivity contribution in [1.82, 2.24) is 5.32 Å². The molecule has 0 saturated carbocycles. The summed E-state index contributed by atoms with van der Waals surface area (Å²) in [5, 5.41) is 3.52. The summed E-state index contributed by atoms with van der Waals surface area (Å²) in [5.41, 5.74) is 7.01. The molecular weight excluding hydrogens is 254 g/mol. The molecule has 0 aliphatic rings. The fraction of sp³-hybridized carbons (Fsp3) is 0.400. The minimum Gasteiger partial charge on any atom is -0.310 e. The van der Waals surface area contributed by atoms with Crippen LogP contribution in [-0.2, 0) is 12.8 Å². The third-order valence-electron chi connectivity index (χ3n) is 4.22. The van der Waals surface area contributed by atoms with Crippen molar-refractivity contribution in [3.8, 4) is 11.1 Å². The zero-order valence-corrected chi connectivity index (χ0v) is 13.7. The van der Waals surface area contributed by atoms with Gasteiger partial charge in [-0.2, -0.15) is 0 Å². The SMILES string of the molecule is CCNC(C)c1ccccc1-c1ccc(CC)c(CC)c1. The summed E-state index contributed by atoms with van der Waals surface area (Å²) in [6.45, 7) is 9.86. The van der Waals surface area contributed by atoms with E-state index in [-0.39, 0.29) is 0 Å². The summed E-state index contributed by atoms with van der Waals surface area (Å²) in [4.78, 5) is 0. The molecule has 2 rings (SSSR count). The van der Waals surface area contributed by atoms with Gasteiger partial charge in [0.25, 0.3) is 0 Å². The molecule has 0 aromatic heterocycles. The number of aryl methyl sites for hydroxylation is 2. The van der Waals surface area contributed by atoms with Crippen LogP contribution < -0.4 is 5.32 Å². The van der Waals surface area contributed by atoms with Crippen LogP contribution in [0.2, 0.25) is 0 Å². The first-order valence-corrected chi connectivity index (χ1v) is 8.15. The molecule has 0 aliphatic carbocycles. The zero-order valence-electron chi connectivity index (χ0n) is 13.7. The smallest absolute Gasteiger partial charge is 0.0297 e. The van der Waals surface area contributed by atoms with Gasteiger partial charge in [-0.15, -0.1) is 0 Å². The van der Waals surface area contributed by atoms with Crippen LogP contribution in [0, 0.1) is 0 Å². The van der Waals surface area contributed by atoms with Crippen molar-refractivity contribution >= 4 is 0 Å². The fourth-order valence-electron chi connectivity index (χ4n) is 3.02. The molecule has 1 nitrogen and oxygen atoms in total. The second-order valence-electron chi connectivity index (χ2n) is 5.56. The summed E-state index contributed by atoms with van der Waals surface area (Å²) < 4.78 is 0. The Kier molecular flexibility index (Phi) is 5.58. The highest BCUT2D eigenvalue weighted by Gasteiger charge is 2.11. The maximum absolute atomic E-state index is 3.52. The first kappa shape index (κ1) is 15.8. The van der Waals surface area contributed by atoms with E-state index in [1.807, 2.05) is 0 Å². The van der Waals surface area contributed by atoms with Gasteiger partial charge in [0.1, 0.15) is 0 Å². The standard InChI is InChI=1S/C20H27N/c1-5-16-12-13-18(14-17(16)6-2)20-11-9-8-10-19(20)15(4)21-7-3/h8-15,21H,5-7H2,1-4H3. The molecule has 2 aromatic carbocycles. The van der Waals surface area contributed by atoms with Gasteiger partial charge in [-0.1, -0.05) is 63.2 Å². The summed E-state index contributed by atoms with van der Waals surface area (Å²) in [6.07, 6.45) is 2.21. The van der Waals surface area contributed by atoms with Gasteiger partial charge in [-0.05, 0) is 54.1 Å². The molecule has 0 aliphatic heterocycles. The lowest BCUT2D eigenvalue weighted by atomic mass is 9.92. The molecule has 21 heavy (non-hydrogen) atoms. The lowest BCUT2D eigenvalue weighted by Gasteiger charge is -2.18. The van der Waals surface area contributed by atoms with E-state index in [1.54, 1.807) is 0 Å². The van der Waals surface area contributed by atoms with Gasteiger partial charge in [-0.25, -0.2) is 0 Å². The average Bonchev–Trinajstić information content (AvgIpc) is 2.54. The Labute approximate surface area is 129 Å². The molecule has 1 unspecified atom stereocenters. The fourth-order valence-corrected chi connectivity index (χ4v) is 3.02. The molecule has 2 aromatic rings. The van der Waals surface area contributed by atoms with Crippen molar-refractivity contribution in [2.45, 2.75) is 46.6 Å². The third kappa shape index (κ3) is 3.54. The van der Waals surface area contributed by atoms with Crippen LogP contribution >= 0.6 is 0 Å². The van der Waals surface area contributed by atoms with E-state index in [0.717, 1.165) is 19.4 Å². The van der Waals surface area contributed by atoms with Crippen LogP contribution in [0.5, 0.6) is 0 Å². The lowest BCUT2D eigenvalue weighted by Crippen LogP contribution is -2.18. The molecule has 112 valence electrons. The Balaban J connectivity index is 2.47. The van der Waals surface area contributed by atoms with Gasteiger partial charge in [0.05, 0.1) is 0 Å². The van der Waals surface area contributed by atoms with Crippen molar-refractivity contribution in [3.05, 3.63) is 59.2 Å². The third-order valence-corrected chi connectivity index (χ3v) is 4.22. The second-order valence-corrected chi connectivity index (χ2v) is 5.56. The van der Waals surface area contributed by atoms with Crippen molar-refractivity contribution in [1.29, 1.82) is 0 Å². The Hall–Kier alpha value is -1.60. The summed E-state index contributed by atoms with van der Waals surface area (Å²) >= 11 is 0. The lowest BCUT2D eigenvalue weighted by molar-refractivity contribution is 0.599. The Morgan fingerprint density at radius 3 is 2.29 bits per heavy atom. The van der Waals surface area contributed by atoms with Crippen LogP contribution in [0.4, 0.5) is 0 Å². The zero-order chi connectivity index (χ0) is 15.2. The Morgan fingerprint density at radius 1 is 0.905 bits per heavy atom. The van der Waals surface area contributed by atoms with Gasteiger partial charge >= 0.3 is 0 Å². The molecule has 1 N–H and O–H groups in total. The normalized spacial score (nSPS) is 12.4. The van der Waals surface area contributed by atoms with Gasteiger partial charge in [0, 0.05) is 6.04 Å². The average molecular weight is 281 g/mol. The first-order valence-electron chi connectivity index (χ1n) is 8.15. The minimum absolute atomic E-state index is 0.377. The van der Waals surface area contributed by atoms with E-state index in [2.05, 4.69) is 75.5 Å². The molecule has 1 heteroatoms. The molecule has 1 atom stereocenters. The van der Waals surface area contributed by atoms with Gasteiger partial charge in [-0.3, -0.25) is 0 Å². The second kappa shape index (κ2) is 7.42. The van der Waals surface area contributed by atoms with Crippen molar-refractivity contribution in [3.63, 3.8) is 0 Å². The molecular formula is C20H27N. The van der Waals surface area contributed by atoms with Crippen LogP contribution in [-0.4, -0.2) is 6.54 Å². The van der Waals surface area contributed by atoms with Gasteiger partial charge in [0.2, 0.25) is 0 Å². The van der Waals surface area contributed by atoms with Gasteiger partial charge in [0.15, 0.2) is 0 Å². The van der Waals surface area contributed by atoms with E-state index in [9.17, 15) is 0 Å². The first-order chi connectivity index (χ1) is 10.2. The van der Waals surface area contributed by atoms with E-state index in [0.29, 0.717) is 6.04 Å². The van der Waals surface area contributed by atoms with Gasteiger partial charge < -0.3 is 5.32 Å². The number of benzene rings is 2. The van der Waals surface area contributed by atoms with E-state index in [1.165, 1.54) is 27.8 Å².